The third-order valence-corrected chi connectivity index (χ3v) is 29.2. The highest BCUT2D eigenvalue weighted by molar-refractivity contribution is 8.07. The highest BCUT2D eigenvalue weighted by Crippen LogP contribution is 2.52. The summed E-state index contributed by atoms with van der Waals surface area (Å²) in [6.45, 7) is 27.8. The molecule has 8 aromatic rings. The summed E-state index contributed by atoms with van der Waals surface area (Å²) in [5, 5.41) is 4.94. The van der Waals surface area contributed by atoms with Crippen molar-refractivity contribution in [3.63, 3.8) is 0 Å². The lowest BCUT2D eigenvalue weighted by Gasteiger charge is -2.29. The van der Waals surface area contributed by atoms with Crippen LogP contribution < -0.4 is 4.74 Å². The molecule has 4 aromatic carbocycles. The summed E-state index contributed by atoms with van der Waals surface area (Å²) in [4.78, 5) is 50.7. The van der Waals surface area contributed by atoms with Gasteiger partial charge in [0.25, 0.3) is 11.8 Å². The van der Waals surface area contributed by atoms with E-state index in [1.54, 1.807) is 34.4 Å². The van der Waals surface area contributed by atoms with Gasteiger partial charge in [0.15, 0.2) is 0 Å². The van der Waals surface area contributed by atoms with Gasteiger partial charge in [-0.15, -0.1) is 45.8 Å². The van der Waals surface area contributed by atoms with E-state index in [0.29, 0.717) is 36.1 Å². The number of fused-ring (bicyclic) bond motifs is 7. The van der Waals surface area contributed by atoms with Crippen molar-refractivity contribution in [1.82, 2.24) is 19.4 Å². The Morgan fingerprint density at radius 1 is 0.443 bits per heavy atom. The first-order valence-electron chi connectivity index (χ1n) is 46.7. The van der Waals surface area contributed by atoms with Crippen LogP contribution in [0.1, 0.15) is 365 Å². The summed E-state index contributed by atoms with van der Waals surface area (Å²) in [5.41, 5.74) is 8.78. The maximum absolute atomic E-state index is 16.4. The number of rotatable bonds is 59. The molecule has 0 aliphatic carbocycles. The van der Waals surface area contributed by atoms with E-state index in [2.05, 4.69) is 193 Å². The van der Waals surface area contributed by atoms with Crippen LogP contribution in [0.4, 0.5) is 0 Å². The van der Waals surface area contributed by atoms with Crippen molar-refractivity contribution in [1.29, 1.82) is 0 Å². The molecule has 2 aliphatic heterocycles. The highest BCUT2D eigenvalue weighted by Gasteiger charge is 2.50. The predicted molar refractivity (Wildman–Crippen MR) is 508 cm³/mol. The van der Waals surface area contributed by atoms with Crippen molar-refractivity contribution >= 4 is 106 Å². The monoisotopic (exact) mass is 1630 g/mol. The van der Waals surface area contributed by atoms with E-state index in [1.165, 1.54) is 273 Å². The Balaban J connectivity index is 1.04. The molecule has 7 nitrogen and oxygen atoms in total. The zero-order chi connectivity index (χ0) is 81.2. The molecule has 2 atom stereocenters. The Morgan fingerprint density at radius 2 is 0.852 bits per heavy atom. The van der Waals surface area contributed by atoms with Crippen molar-refractivity contribution in [3.8, 4) is 37.3 Å². The Bertz CT molecular complexity index is 4370. The van der Waals surface area contributed by atoms with E-state index < -0.39 is 0 Å². The summed E-state index contributed by atoms with van der Waals surface area (Å²) >= 11 is 7.03. The van der Waals surface area contributed by atoms with Crippen LogP contribution in [0.5, 0.6) is 5.75 Å². The van der Waals surface area contributed by atoms with Crippen LogP contribution in [-0.4, -0.2) is 57.1 Å². The molecule has 4 aromatic heterocycles. The lowest BCUT2D eigenvalue weighted by Crippen LogP contribution is -2.34. The van der Waals surface area contributed by atoms with Crippen LogP contribution in [-0.2, 0) is 21.5 Å². The summed E-state index contributed by atoms with van der Waals surface area (Å²) in [5.74, 6) is 2.62. The number of carbonyl (C=O) groups excluding carboxylic acids is 2. The number of allylic oxidation sites excluding steroid dienone is 2. The number of thiophene rings is 3. The zero-order valence-corrected chi connectivity index (χ0v) is 76.6. The summed E-state index contributed by atoms with van der Waals surface area (Å²) in [7, 11) is 0. The number of amides is 2. The Kier molecular flexibility index (Phi) is 38.9. The van der Waals surface area contributed by atoms with Crippen molar-refractivity contribution in [3.05, 3.63) is 147 Å². The number of carbonyl (C=O) groups is 2. The van der Waals surface area contributed by atoms with Crippen LogP contribution in [0, 0.1) is 11.8 Å². The van der Waals surface area contributed by atoms with Crippen LogP contribution in [0.3, 0.4) is 0 Å². The minimum Gasteiger partial charge on any atom is -0.494 e. The van der Waals surface area contributed by atoms with Gasteiger partial charge in [-0.2, -0.15) is 0 Å². The zero-order valence-electron chi connectivity index (χ0n) is 73.3. The fraction of sp³-hybridized carbons (Fsp3) is 0.587. The number of ether oxygens (including phenoxy) is 1. The number of aromatic nitrogens is 2. The van der Waals surface area contributed by atoms with Gasteiger partial charge in [-0.05, 0) is 163 Å². The smallest absolute Gasteiger partial charge is 0.261 e. The average molecular weight is 1630 g/mol. The second-order valence-corrected chi connectivity index (χ2v) is 39.2. The standard InChI is InChI=1S/C104H148N4O3S4/c1-12-19-25-31-35-37-39-41-45-51-72-106-98-87-75-82(104(8,9)10)61-65-85(87)84-64-60-81(74-86(84)97(98)105-101(106)80-58-62-83(63-59-80)111-73-52-46-42-40-38-36-32-26-20-13-2)88-66-67-91(113-88)92-69-71-94(115-92)100-96-95(102(109)108(100)77-79(55-48-30-24-17-6)57-50-44-34-28-22-15-4)99(93-70-68-90(114-93)89(112-11)53-18-7)107(103(96)110)76-78(54-47-29-23-16-5)56-49-43-33-27-21-14-3/h18,53,58-71,74-75,78-79H,7,12-17,19-52,54-57,72-73,76-77H2,1-6,8-11H3/b89-53-. The molecule has 10 rings (SSSR count). The lowest BCUT2D eigenvalue weighted by atomic mass is 9.85. The van der Waals surface area contributed by atoms with Gasteiger partial charge in [-0.3, -0.25) is 9.59 Å². The average Bonchev–Trinajstić information content (AvgIpc) is 1.58. The van der Waals surface area contributed by atoms with Gasteiger partial charge < -0.3 is 19.1 Å². The summed E-state index contributed by atoms with van der Waals surface area (Å²) in [6.07, 6.45) is 60.9. The SMILES string of the molecule is C=C/C=C(\SC)c1ccc(C2=C3C(=O)N(CC(CCCCCC)CCCCCCCC)C(c4ccc(-c5ccc(-c6ccc7c8ccc(C(C)(C)C)cc8c8c(nc(-c9ccc(OCCCCCCCCCCCC)cc9)n8CCCCCCCCCCCC)c7c6)s5)s4)=C3C(=O)N2CC(CCCCCC)CCCCCCCC)s1. The molecule has 0 spiro atoms. The van der Waals surface area contributed by atoms with Gasteiger partial charge >= 0.3 is 0 Å². The number of nitrogens with zero attached hydrogens (tertiary/aromatic N) is 4. The predicted octanol–water partition coefficient (Wildman–Crippen LogP) is 33.4. The van der Waals surface area contributed by atoms with E-state index in [4.69, 9.17) is 9.72 Å². The van der Waals surface area contributed by atoms with Crippen LogP contribution in [0.25, 0.3) is 80.5 Å². The van der Waals surface area contributed by atoms with Crippen molar-refractivity contribution in [2.75, 3.05) is 26.0 Å². The van der Waals surface area contributed by atoms with E-state index in [0.717, 1.165) is 129 Å². The summed E-state index contributed by atoms with van der Waals surface area (Å²) < 4.78 is 9.06. The Labute approximate surface area is 713 Å². The lowest BCUT2D eigenvalue weighted by molar-refractivity contribution is -0.124. The molecule has 0 N–H and O–H groups in total. The first kappa shape index (κ1) is 91.3. The molecule has 0 fully saturated rings. The van der Waals surface area contributed by atoms with Gasteiger partial charge in [-0.25, -0.2) is 4.98 Å². The van der Waals surface area contributed by atoms with Gasteiger partial charge in [0, 0.05) is 60.4 Å². The topological polar surface area (TPSA) is 67.7 Å². The largest absolute Gasteiger partial charge is 0.494 e. The number of unbranched alkanes of at least 4 members (excludes halogenated alkanes) is 34. The number of aryl methyl sites for hydroxylation is 1. The van der Waals surface area contributed by atoms with Gasteiger partial charge in [0.2, 0.25) is 0 Å². The van der Waals surface area contributed by atoms with E-state index in [9.17, 15) is 0 Å². The number of benzene rings is 4. The fourth-order valence-electron chi connectivity index (χ4n) is 17.9. The minimum absolute atomic E-state index is 0.00364. The first-order chi connectivity index (χ1) is 56.3. The quantitative estimate of drug-likeness (QED) is 0.0216. The second-order valence-electron chi connectivity index (χ2n) is 35.1. The molecule has 6 heterocycles. The van der Waals surface area contributed by atoms with Crippen LogP contribution in [0.15, 0.2) is 127 Å². The molecule has 2 aliphatic rings. The molecular formula is C104H148N4O3S4. The van der Waals surface area contributed by atoms with E-state index in [1.807, 2.05) is 17.4 Å². The van der Waals surface area contributed by atoms with Crippen molar-refractivity contribution in [2.24, 2.45) is 11.8 Å². The van der Waals surface area contributed by atoms with Gasteiger partial charge in [-0.1, -0.05) is 343 Å². The molecule has 115 heavy (non-hydrogen) atoms. The second kappa shape index (κ2) is 48.9. The fourth-order valence-corrected chi connectivity index (χ4v) is 21.9. The van der Waals surface area contributed by atoms with Crippen LogP contribution >= 0.6 is 45.8 Å². The molecular weight excluding hydrogens is 1480 g/mol. The van der Waals surface area contributed by atoms with E-state index in [-0.39, 0.29) is 17.2 Å². The minimum atomic E-state index is -0.0403. The number of imidazole rings is 1. The molecule has 2 unspecified atom stereocenters. The maximum Gasteiger partial charge on any atom is 0.261 e. The first-order valence-corrected chi connectivity index (χ1v) is 50.4. The molecule has 0 radical (unpaired) electrons. The maximum atomic E-state index is 16.4. The normalized spacial score (nSPS) is 14.1. The third-order valence-electron chi connectivity index (χ3n) is 24.8. The Morgan fingerprint density at radius 3 is 1.34 bits per heavy atom. The highest BCUT2D eigenvalue weighted by atomic mass is 32.2. The van der Waals surface area contributed by atoms with Gasteiger partial charge in [0.05, 0.1) is 49.9 Å². The van der Waals surface area contributed by atoms with Crippen molar-refractivity contribution < 1.29 is 14.3 Å². The number of thioether (sulfide) groups is 1. The summed E-state index contributed by atoms with van der Waals surface area (Å²) in [6, 6.07) is 36.8. The number of hydrogen-bond acceptors (Lipinski definition) is 8. The molecule has 2 amide bonds. The number of hydrogen-bond donors (Lipinski definition) is 0. The molecule has 11 heteroatoms. The molecule has 0 saturated carbocycles. The molecule has 0 saturated heterocycles. The third kappa shape index (κ3) is 25.8. The molecule has 0 bridgehead atoms. The van der Waals surface area contributed by atoms with Crippen molar-refractivity contribution in [2.45, 2.75) is 357 Å². The molecule has 626 valence electrons. The Hall–Kier alpha value is -5.98. The van der Waals surface area contributed by atoms with Gasteiger partial charge in [0.1, 0.15) is 11.6 Å². The van der Waals surface area contributed by atoms with Crippen LogP contribution in [0.2, 0.25) is 0 Å². The van der Waals surface area contributed by atoms with E-state index >= 15 is 9.59 Å².